The monoisotopic (exact) mass is 729 g/mol. The van der Waals surface area contributed by atoms with Crippen LogP contribution in [0.15, 0.2) is 152 Å². The van der Waals surface area contributed by atoms with Gasteiger partial charge in [-0.2, -0.15) is 0 Å². The maximum atomic E-state index is 13.2. The van der Waals surface area contributed by atoms with Crippen molar-refractivity contribution in [3.63, 3.8) is 0 Å². The van der Waals surface area contributed by atoms with Gasteiger partial charge in [-0.25, -0.2) is 4.79 Å². The topological polar surface area (TPSA) is 74.3 Å². The molecular formula is C48H43NO6. The van der Waals surface area contributed by atoms with Gasteiger partial charge in [-0.1, -0.05) is 110 Å². The number of carbonyl (C=O) groups is 2. The fraction of sp³-hybridized carbons (Fsp3) is 0.167. The summed E-state index contributed by atoms with van der Waals surface area (Å²) in [6, 6.07) is 49.1. The van der Waals surface area contributed by atoms with E-state index in [1.807, 2.05) is 97.1 Å². The normalized spacial score (nSPS) is 13.5. The number of hydrogen-bond acceptors (Lipinski definition) is 7. The van der Waals surface area contributed by atoms with Gasteiger partial charge in [0.25, 0.3) is 0 Å². The Bertz CT molecular complexity index is 2240. The van der Waals surface area contributed by atoms with Crippen molar-refractivity contribution in [1.82, 2.24) is 0 Å². The minimum absolute atomic E-state index is 0.180. The van der Waals surface area contributed by atoms with Crippen molar-refractivity contribution in [2.75, 3.05) is 12.0 Å². The van der Waals surface area contributed by atoms with Crippen LogP contribution in [-0.4, -0.2) is 19.2 Å². The predicted octanol–water partition coefficient (Wildman–Crippen LogP) is 12.1. The van der Waals surface area contributed by atoms with Crippen molar-refractivity contribution in [1.29, 1.82) is 0 Å². The first kappa shape index (κ1) is 36.7. The average molecular weight is 730 g/mol. The average Bonchev–Trinajstić information content (AvgIpc) is 3.22. The number of carbonyl (C=O) groups excluding carboxylic acids is 2. The zero-order chi connectivity index (χ0) is 38.0. The number of nitrogens with zero attached hydrogens (tertiary/aromatic N) is 1. The van der Waals surface area contributed by atoms with Crippen LogP contribution in [0.25, 0.3) is 12.2 Å². The Kier molecular flexibility index (Phi) is 11.4. The number of anilines is 3. The zero-order valence-electron chi connectivity index (χ0n) is 31.0. The van der Waals surface area contributed by atoms with Gasteiger partial charge in [0.15, 0.2) is 0 Å². The van der Waals surface area contributed by atoms with Gasteiger partial charge in [0, 0.05) is 41.5 Å². The summed E-state index contributed by atoms with van der Waals surface area (Å²) in [5.74, 6) is 1.64. The van der Waals surface area contributed by atoms with Crippen LogP contribution >= 0.6 is 0 Å². The lowest BCUT2D eigenvalue weighted by Gasteiger charge is -2.38. The van der Waals surface area contributed by atoms with Crippen LogP contribution in [-0.2, 0) is 10.2 Å². The third-order valence-electron chi connectivity index (χ3n) is 9.99. The number of ether oxygens (including phenoxy) is 4. The molecule has 0 aromatic heterocycles. The second-order valence-corrected chi connectivity index (χ2v) is 13.6. The van der Waals surface area contributed by atoms with E-state index in [1.165, 1.54) is 18.9 Å². The Morgan fingerprint density at radius 3 is 1.64 bits per heavy atom. The molecule has 0 bridgehead atoms. The fourth-order valence-electron chi connectivity index (χ4n) is 7.34. The molecule has 0 N–H and O–H groups in total. The molecule has 7 rings (SSSR count). The van der Waals surface area contributed by atoms with Gasteiger partial charge in [0.2, 0.25) is 0 Å². The summed E-state index contributed by atoms with van der Waals surface area (Å²) >= 11 is 0. The SMILES string of the molecule is COc1cccc(N(c2ccc(/C=C/c3ccccc3)cc2)c2cccc(OC(=O)Oc3ccc(C4(c5ccc(OC(C)=O)cc5)CCCCC4)cc3)c2)c1. The van der Waals surface area contributed by atoms with E-state index in [1.54, 1.807) is 13.2 Å². The van der Waals surface area contributed by atoms with E-state index < -0.39 is 6.16 Å². The first-order valence-corrected chi connectivity index (χ1v) is 18.6. The highest BCUT2D eigenvalue weighted by Gasteiger charge is 2.35. The van der Waals surface area contributed by atoms with E-state index in [4.69, 9.17) is 18.9 Å². The van der Waals surface area contributed by atoms with Gasteiger partial charge in [-0.05, 0) is 95.8 Å². The van der Waals surface area contributed by atoms with Gasteiger partial charge in [-0.3, -0.25) is 4.79 Å². The number of hydrogen-bond donors (Lipinski definition) is 0. The van der Waals surface area contributed by atoms with Gasteiger partial charge >= 0.3 is 12.1 Å². The van der Waals surface area contributed by atoms with E-state index >= 15 is 0 Å². The predicted molar refractivity (Wildman–Crippen MR) is 218 cm³/mol. The van der Waals surface area contributed by atoms with Gasteiger partial charge in [-0.15, -0.1) is 0 Å². The standard InChI is InChI=1S/C48H43NO6/c1-35(50)53-43-27-21-38(22-28-43)48(31-7-4-8-32-48)39-23-29-44(30-24-39)54-47(51)55-46-16-10-14-42(34-46)49(41-13-9-15-45(33-41)52-2)40-25-19-37(20-26-40)18-17-36-11-5-3-6-12-36/h3,5-6,9-30,33-34H,4,7-8,31-32H2,1-2H3/b18-17+. The highest BCUT2D eigenvalue weighted by molar-refractivity contribution is 5.80. The van der Waals surface area contributed by atoms with Crippen molar-refractivity contribution < 1.29 is 28.5 Å². The Morgan fingerprint density at radius 2 is 1.05 bits per heavy atom. The molecule has 7 heteroatoms. The maximum absolute atomic E-state index is 13.2. The van der Waals surface area contributed by atoms with Crippen LogP contribution in [0.4, 0.5) is 21.9 Å². The Morgan fingerprint density at radius 1 is 0.527 bits per heavy atom. The molecule has 0 unspecified atom stereocenters. The third-order valence-corrected chi connectivity index (χ3v) is 9.99. The second kappa shape index (κ2) is 17.0. The van der Waals surface area contributed by atoms with Crippen LogP contribution in [0.3, 0.4) is 0 Å². The van der Waals surface area contributed by atoms with Crippen LogP contribution in [0.1, 0.15) is 61.3 Å². The molecular weight excluding hydrogens is 687 g/mol. The highest BCUT2D eigenvalue weighted by atomic mass is 16.7. The lowest BCUT2D eigenvalue weighted by molar-refractivity contribution is -0.131. The molecule has 55 heavy (non-hydrogen) atoms. The molecule has 6 aromatic carbocycles. The molecule has 6 aromatic rings. The third kappa shape index (κ3) is 8.96. The summed E-state index contributed by atoms with van der Waals surface area (Å²) in [7, 11) is 1.64. The summed E-state index contributed by atoms with van der Waals surface area (Å²) in [5.41, 5.74) is 6.92. The molecule has 0 saturated heterocycles. The summed E-state index contributed by atoms with van der Waals surface area (Å²) in [6.45, 7) is 1.40. The van der Waals surface area contributed by atoms with Crippen molar-refractivity contribution in [3.05, 3.63) is 174 Å². The van der Waals surface area contributed by atoms with Crippen molar-refractivity contribution in [3.8, 4) is 23.0 Å². The quantitative estimate of drug-likeness (QED) is 0.0569. The van der Waals surface area contributed by atoms with E-state index in [-0.39, 0.29) is 11.4 Å². The molecule has 1 saturated carbocycles. The highest BCUT2D eigenvalue weighted by Crippen LogP contribution is 2.46. The lowest BCUT2D eigenvalue weighted by Crippen LogP contribution is -2.30. The molecule has 1 fully saturated rings. The number of benzene rings is 6. The van der Waals surface area contributed by atoms with Crippen molar-refractivity contribution in [2.45, 2.75) is 44.4 Å². The molecule has 7 nitrogen and oxygen atoms in total. The molecule has 1 aliphatic rings. The fourth-order valence-corrected chi connectivity index (χ4v) is 7.34. The number of methoxy groups -OCH3 is 1. The van der Waals surface area contributed by atoms with Gasteiger partial charge in [0.05, 0.1) is 7.11 Å². The van der Waals surface area contributed by atoms with E-state index in [9.17, 15) is 9.59 Å². The Labute approximate surface area is 322 Å². The number of rotatable bonds is 11. The molecule has 0 aliphatic heterocycles. The minimum atomic E-state index is -0.833. The zero-order valence-corrected chi connectivity index (χ0v) is 31.0. The van der Waals surface area contributed by atoms with Crippen molar-refractivity contribution >= 4 is 41.3 Å². The van der Waals surface area contributed by atoms with E-state index in [0.717, 1.165) is 65.2 Å². The smallest absolute Gasteiger partial charge is 0.497 e. The van der Waals surface area contributed by atoms with Crippen LogP contribution in [0.2, 0.25) is 0 Å². The molecule has 0 atom stereocenters. The molecule has 0 heterocycles. The summed E-state index contributed by atoms with van der Waals surface area (Å²) < 4.78 is 22.2. The molecule has 276 valence electrons. The molecule has 0 amide bonds. The summed E-state index contributed by atoms with van der Waals surface area (Å²) in [5, 5.41) is 0. The van der Waals surface area contributed by atoms with Crippen LogP contribution in [0.5, 0.6) is 23.0 Å². The van der Waals surface area contributed by atoms with E-state index in [2.05, 4.69) is 65.6 Å². The lowest BCUT2D eigenvalue weighted by atomic mass is 9.65. The Hall–Kier alpha value is -6.60. The summed E-state index contributed by atoms with van der Waals surface area (Å²) in [6.07, 6.45) is 8.76. The van der Waals surface area contributed by atoms with E-state index in [0.29, 0.717) is 17.2 Å². The largest absolute Gasteiger partial charge is 0.519 e. The number of esters is 1. The van der Waals surface area contributed by atoms with Gasteiger partial charge < -0.3 is 23.8 Å². The molecule has 0 radical (unpaired) electrons. The van der Waals surface area contributed by atoms with Gasteiger partial charge in [0.1, 0.15) is 23.0 Å². The summed E-state index contributed by atoms with van der Waals surface area (Å²) in [4.78, 5) is 26.7. The first-order chi connectivity index (χ1) is 26.9. The second-order valence-electron chi connectivity index (χ2n) is 13.6. The van der Waals surface area contributed by atoms with Crippen LogP contribution < -0.4 is 23.8 Å². The molecule has 0 spiro atoms. The molecule has 1 aliphatic carbocycles. The van der Waals surface area contributed by atoms with Crippen LogP contribution in [0, 0.1) is 0 Å². The Balaban J connectivity index is 1.08. The minimum Gasteiger partial charge on any atom is -0.497 e. The first-order valence-electron chi connectivity index (χ1n) is 18.6. The maximum Gasteiger partial charge on any atom is 0.519 e. The van der Waals surface area contributed by atoms with Crippen molar-refractivity contribution in [2.24, 2.45) is 0 Å².